The van der Waals surface area contributed by atoms with E-state index < -0.39 is 0 Å². The van der Waals surface area contributed by atoms with E-state index >= 15 is 0 Å². The third-order valence-corrected chi connectivity index (χ3v) is 2.74. The number of anilines is 1. The summed E-state index contributed by atoms with van der Waals surface area (Å²) in [6.45, 7) is 3.61. The molecule has 6 nitrogen and oxygen atoms in total. The minimum Gasteiger partial charge on any atom is -0.383 e. The standard InChI is InChI=1S/C15H23N3O3/c1-12-4-3-5-13(10-12)18-15(20)11-16-7-6-14(19)17-8-9-21-2/h3-5,10,16H,6-9,11H2,1-2H3,(H,17,19)(H,18,20). The molecule has 0 aliphatic heterocycles. The lowest BCUT2D eigenvalue weighted by atomic mass is 10.2. The lowest BCUT2D eigenvalue weighted by molar-refractivity contribution is -0.121. The zero-order chi connectivity index (χ0) is 15.5. The number of rotatable bonds is 9. The van der Waals surface area contributed by atoms with Gasteiger partial charge in [-0.05, 0) is 24.6 Å². The highest BCUT2D eigenvalue weighted by molar-refractivity contribution is 5.92. The highest BCUT2D eigenvalue weighted by Crippen LogP contribution is 2.08. The Hall–Kier alpha value is -1.92. The van der Waals surface area contributed by atoms with Gasteiger partial charge in [0.05, 0.1) is 13.2 Å². The van der Waals surface area contributed by atoms with Crippen molar-refractivity contribution in [1.29, 1.82) is 0 Å². The van der Waals surface area contributed by atoms with Gasteiger partial charge in [0, 0.05) is 32.3 Å². The van der Waals surface area contributed by atoms with Gasteiger partial charge in [-0.25, -0.2) is 0 Å². The van der Waals surface area contributed by atoms with Crippen molar-refractivity contribution < 1.29 is 14.3 Å². The summed E-state index contributed by atoms with van der Waals surface area (Å²) in [5.41, 5.74) is 1.87. The molecule has 0 spiro atoms. The Labute approximate surface area is 125 Å². The number of hydrogen-bond acceptors (Lipinski definition) is 4. The van der Waals surface area contributed by atoms with E-state index in [1.807, 2.05) is 31.2 Å². The summed E-state index contributed by atoms with van der Waals surface area (Å²) in [6, 6.07) is 7.61. The highest BCUT2D eigenvalue weighted by atomic mass is 16.5. The van der Waals surface area contributed by atoms with E-state index in [4.69, 9.17) is 4.74 Å². The predicted octanol–water partition coefficient (Wildman–Crippen LogP) is 0.676. The second-order valence-electron chi connectivity index (χ2n) is 4.69. The van der Waals surface area contributed by atoms with Crippen molar-refractivity contribution in [2.75, 3.05) is 38.7 Å². The second kappa shape index (κ2) is 9.90. The molecule has 0 atom stereocenters. The van der Waals surface area contributed by atoms with Gasteiger partial charge < -0.3 is 20.7 Å². The molecule has 0 aliphatic carbocycles. The van der Waals surface area contributed by atoms with Crippen molar-refractivity contribution in [3.8, 4) is 0 Å². The molecule has 0 saturated heterocycles. The maximum absolute atomic E-state index is 11.7. The average Bonchev–Trinajstić information content (AvgIpc) is 2.44. The van der Waals surface area contributed by atoms with Crippen molar-refractivity contribution in [2.45, 2.75) is 13.3 Å². The quantitative estimate of drug-likeness (QED) is 0.585. The van der Waals surface area contributed by atoms with Crippen LogP contribution in [0.15, 0.2) is 24.3 Å². The van der Waals surface area contributed by atoms with Gasteiger partial charge in [0.2, 0.25) is 11.8 Å². The molecule has 1 aromatic carbocycles. The fourth-order valence-corrected chi connectivity index (χ4v) is 1.71. The zero-order valence-electron chi connectivity index (χ0n) is 12.6. The van der Waals surface area contributed by atoms with Crippen molar-refractivity contribution in [2.24, 2.45) is 0 Å². The van der Waals surface area contributed by atoms with E-state index in [1.165, 1.54) is 0 Å². The largest absolute Gasteiger partial charge is 0.383 e. The van der Waals surface area contributed by atoms with Crippen molar-refractivity contribution >= 4 is 17.5 Å². The number of carbonyl (C=O) groups is 2. The number of nitrogens with one attached hydrogen (secondary N) is 3. The molecule has 6 heteroatoms. The summed E-state index contributed by atoms with van der Waals surface area (Å²) in [6.07, 6.45) is 0.335. The zero-order valence-corrected chi connectivity index (χ0v) is 12.6. The normalized spacial score (nSPS) is 10.2. The first kappa shape index (κ1) is 17.1. The summed E-state index contributed by atoms with van der Waals surface area (Å²) in [5, 5.41) is 8.44. The van der Waals surface area contributed by atoms with Crippen LogP contribution in [0.4, 0.5) is 5.69 Å². The summed E-state index contributed by atoms with van der Waals surface area (Å²) in [4.78, 5) is 23.1. The van der Waals surface area contributed by atoms with Crippen molar-refractivity contribution in [3.05, 3.63) is 29.8 Å². The molecular weight excluding hydrogens is 270 g/mol. The van der Waals surface area contributed by atoms with Gasteiger partial charge in [0.15, 0.2) is 0 Å². The molecule has 0 heterocycles. The summed E-state index contributed by atoms with van der Waals surface area (Å²) in [7, 11) is 1.58. The molecule has 1 rings (SSSR count). The van der Waals surface area contributed by atoms with Crippen LogP contribution in [-0.4, -0.2) is 45.2 Å². The molecule has 0 fully saturated rings. The molecule has 2 amide bonds. The van der Waals surface area contributed by atoms with Crippen LogP contribution in [0, 0.1) is 6.92 Å². The van der Waals surface area contributed by atoms with E-state index in [0.29, 0.717) is 26.1 Å². The van der Waals surface area contributed by atoms with Crippen LogP contribution >= 0.6 is 0 Å². The number of aryl methyl sites for hydroxylation is 1. The van der Waals surface area contributed by atoms with Crippen LogP contribution in [-0.2, 0) is 14.3 Å². The molecule has 116 valence electrons. The molecule has 0 radical (unpaired) electrons. The molecule has 21 heavy (non-hydrogen) atoms. The minimum atomic E-state index is -0.125. The lowest BCUT2D eigenvalue weighted by Gasteiger charge is -2.08. The molecule has 0 bridgehead atoms. The number of benzene rings is 1. The van der Waals surface area contributed by atoms with E-state index in [0.717, 1.165) is 11.3 Å². The van der Waals surface area contributed by atoms with Gasteiger partial charge in [-0.3, -0.25) is 9.59 Å². The van der Waals surface area contributed by atoms with Crippen LogP contribution in [0.3, 0.4) is 0 Å². The first-order valence-corrected chi connectivity index (χ1v) is 6.94. The molecule has 0 aromatic heterocycles. The summed E-state index contributed by atoms with van der Waals surface area (Å²) < 4.78 is 4.83. The van der Waals surface area contributed by atoms with Crippen LogP contribution in [0.1, 0.15) is 12.0 Å². The Morgan fingerprint density at radius 1 is 1.19 bits per heavy atom. The Morgan fingerprint density at radius 2 is 2.00 bits per heavy atom. The van der Waals surface area contributed by atoms with Gasteiger partial charge >= 0.3 is 0 Å². The lowest BCUT2D eigenvalue weighted by Crippen LogP contribution is -2.33. The van der Waals surface area contributed by atoms with Crippen LogP contribution in [0.2, 0.25) is 0 Å². The van der Waals surface area contributed by atoms with Gasteiger partial charge in [-0.1, -0.05) is 12.1 Å². The minimum absolute atomic E-state index is 0.0568. The summed E-state index contributed by atoms with van der Waals surface area (Å²) in [5.74, 6) is -0.181. The number of hydrogen-bond donors (Lipinski definition) is 3. The number of ether oxygens (including phenoxy) is 1. The monoisotopic (exact) mass is 293 g/mol. The topological polar surface area (TPSA) is 79.5 Å². The van der Waals surface area contributed by atoms with Gasteiger partial charge in [-0.2, -0.15) is 0 Å². The maximum Gasteiger partial charge on any atom is 0.238 e. The van der Waals surface area contributed by atoms with Gasteiger partial charge in [-0.15, -0.1) is 0 Å². The van der Waals surface area contributed by atoms with E-state index in [2.05, 4.69) is 16.0 Å². The molecule has 0 aliphatic rings. The first-order valence-electron chi connectivity index (χ1n) is 6.94. The smallest absolute Gasteiger partial charge is 0.238 e. The Kier molecular flexibility index (Phi) is 8.08. The molecule has 3 N–H and O–H groups in total. The van der Waals surface area contributed by atoms with E-state index in [1.54, 1.807) is 7.11 Å². The molecule has 0 saturated carbocycles. The second-order valence-corrected chi connectivity index (χ2v) is 4.69. The van der Waals surface area contributed by atoms with Crippen LogP contribution in [0.5, 0.6) is 0 Å². The Bertz CT molecular complexity index is 463. The summed E-state index contributed by atoms with van der Waals surface area (Å²) >= 11 is 0. The number of amides is 2. The fraction of sp³-hybridized carbons (Fsp3) is 0.467. The molecule has 1 aromatic rings. The third-order valence-electron chi connectivity index (χ3n) is 2.74. The molecule has 0 unspecified atom stereocenters. The van der Waals surface area contributed by atoms with Gasteiger partial charge in [0.25, 0.3) is 0 Å². The Balaban J connectivity index is 2.12. The van der Waals surface area contributed by atoms with E-state index in [9.17, 15) is 9.59 Å². The molecular formula is C15H23N3O3. The third kappa shape index (κ3) is 8.06. The van der Waals surface area contributed by atoms with Gasteiger partial charge in [0.1, 0.15) is 0 Å². The maximum atomic E-state index is 11.7. The number of methoxy groups -OCH3 is 1. The Morgan fingerprint density at radius 3 is 2.71 bits per heavy atom. The van der Waals surface area contributed by atoms with Crippen molar-refractivity contribution in [1.82, 2.24) is 10.6 Å². The first-order chi connectivity index (χ1) is 10.1. The van der Waals surface area contributed by atoms with E-state index in [-0.39, 0.29) is 18.4 Å². The average molecular weight is 293 g/mol. The SMILES string of the molecule is COCCNC(=O)CCNCC(=O)Nc1cccc(C)c1. The van der Waals surface area contributed by atoms with Crippen LogP contribution in [0.25, 0.3) is 0 Å². The number of carbonyl (C=O) groups excluding carboxylic acids is 2. The van der Waals surface area contributed by atoms with Crippen molar-refractivity contribution in [3.63, 3.8) is 0 Å². The predicted molar refractivity (Wildman–Crippen MR) is 82.2 cm³/mol. The fourth-order valence-electron chi connectivity index (χ4n) is 1.71. The highest BCUT2D eigenvalue weighted by Gasteiger charge is 2.03. The van der Waals surface area contributed by atoms with Crippen LogP contribution < -0.4 is 16.0 Å².